The summed E-state index contributed by atoms with van der Waals surface area (Å²) in [6, 6.07) is 10.1. The SMILES string of the molecule is C=CC(=O)N1CC(n2c(=O)c3cc(-c4c(C)ccc5[nH]ncc45)ccc3n2C)C1. The minimum absolute atomic E-state index is 0.0220. The summed E-state index contributed by atoms with van der Waals surface area (Å²) >= 11 is 0. The Labute approximate surface area is 166 Å². The fraction of sp³-hybridized carbons (Fsp3) is 0.227. The van der Waals surface area contributed by atoms with Gasteiger partial charge in [-0.3, -0.25) is 19.4 Å². The van der Waals surface area contributed by atoms with Gasteiger partial charge in [0.25, 0.3) is 5.56 Å². The number of amides is 1. The Morgan fingerprint density at radius 2 is 2.03 bits per heavy atom. The van der Waals surface area contributed by atoms with Gasteiger partial charge in [-0.25, -0.2) is 4.68 Å². The third kappa shape index (κ3) is 2.47. The number of hydrogen-bond donors (Lipinski definition) is 1. The van der Waals surface area contributed by atoms with Crippen LogP contribution in [0.5, 0.6) is 0 Å². The monoisotopic (exact) mass is 387 g/mol. The van der Waals surface area contributed by atoms with E-state index in [0.717, 1.165) is 33.1 Å². The number of carbonyl (C=O) groups excluding carboxylic acids is 1. The molecule has 1 amide bonds. The van der Waals surface area contributed by atoms with E-state index in [4.69, 9.17) is 0 Å². The van der Waals surface area contributed by atoms with E-state index in [9.17, 15) is 9.59 Å². The number of aromatic nitrogens is 4. The molecule has 1 aliphatic rings. The van der Waals surface area contributed by atoms with Gasteiger partial charge in [0.1, 0.15) is 0 Å². The first-order valence-corrected chi connectivity index (χ1v) is 9.55. The van der Waals surface area contributed by atoms with E-state index in [1.807, 2.05) is 36.1 Å². The third-order valence-corrected chi connectivity index (χ3v) is 5.92. The number of benzene rings is 2. The molecule has 0 atom stereocenters. The van der Waals surface area contributed by atoms with Crippen LogP contribution in [0.15, 0.2) is 54.0 Å². The highest BCUT2D eigenvalue weighted by Gasteiger charge is 2.33. The Balaban J connectivity index is 1.62. The van der Waals surface area contributed by atoms with Gasteiger partial charge in [-0.05, 0) is 47.9 Å². The molecule has 0 bridgehead atoms. The van der Waals surface area contributed by atoms with Crippen molar-refractivity contribution in [1.29, 1.82) is 0 Å². The fourth-order valence-corrected chi connectivity index (χ4v) is 4.36. The lowest BCUT2D eigenvalue weighted by Crippen LogP contribution is -2.53. The second-order valence-electron chi connectivity index (χ2n) is 7.60. The van der Waals surface area contributed by atoms with Gasteiger partial charge in [0.05, 0.1) is 28.7 Å². The number of H-pyrrole nitrogens is 1. The molecule has 1 aliphatic heterocycles. The summed E-state index contributed by atoms with van der Waals surface area (Å²) in [5, 5.41) is 8.89. The van der Waals surface area contributed by atoms with E-state index in [2.05, 4.69) is 35.8 Å². The predicted molar refractivity (Wildman–Crippen MR) is 113 cm³/mol. The molecule has 0 aliphatic carbocycles. The van der Waals surface area contributed by atoms with E-state index in [-0.39, 0.29) is 17.5 Å². The van der Waals surface area contributed by atoms with Crippen molar-refractivity contribution in [2.45, 2.75) is 13.0 Å². The number of aromatic amines is 1. The summed E-state index contributed by atoms with van der Waals surface area (Å²) in [6.45, 7) is 6.63. The minimum Gasteiger partial charge on any atom is -0.335 e. The van der Waals surface area contributed by atoms with Gasteiger partial charge in [-0.2, -0.15) is 5.10 Å². The van der Waals surface area contributed by atoms with Crippen LogP contribution in [0.3, 0.4) is 0 Å². The van der Waals surface area contributed by atoms with Gasteiger partial charge in [0, 0.05) is 25.5 Å². The number of likely N-dealkylation sites (tertiary alicyclic amines) is 1. The van der Waals surface area contributed by atoms with Crippen LogP contribution in [-0.4, -0.2) is 43.5 Å². The highest BCUT2D eigenvalue weighted by molar-refractivity contribution is 5.98. The number of aryl methyl sites for hydroxylation is 2. The maximum absolute atomic E-state index is 13.2. The zero-order valence-corrected chi connectivity index (χ0v) is 16.3. The zero-order valence-electron chi connectivity index (χ0n) is 16.3. The molecule has 2 aromatic heterocycles. The zero-order chi connectivity index (χ0) is 20.3. The molecule has 0 saturated carbocycles. The molecule has 7 heteroatoms. The molecule has 4 aromatic rings. The quantitative estimate of drug-likeness (QED) is 0.549. The van der Waals surface area contributed by atoms with Gasteiger partial charge in [0.2, 0.25) is 5.91 Å². The molecule has 0 unspecified atom stereocenters. The van der Waals surface area contributed by atoms with Crippen LogP contribution in [0, 0.1) is 6.92 Å². The topological polar surface area (TPSA) is 75.9 Å². The maximum Gasteiger partial charge on any atom is 0.274 e. The highest BCUT2D eigenvalue weighted by Crippen LogP contribution is 2.33. The molecule has 146 valence electrons. The molecular weight excluding hydrogens is 366 g/mol. The van der Waals surface area contributed by atoms with Gasteiger partial charge >= 0.3 is 0 Å². The Kier molecular flexibility index (Phi) is 3.74. The molecule has 1 saturated heterocycles. The largest absolute Gasteiger partial charge is 0.335 e. The van der Waals surface area contributed by atoms with Crippen LogP contribution >= 0.6 is 0 Å². The van der Waals surface area contributed by atoms with Gasteiger partial charge in [-0.1, -0.05) is 18.7 Å². The van der Waals surface area contributed by atoms with E-state index in [1.165, 1.54) is 6.08 Å². The molecule has 3 heterocycles. The Bertz CT molecular complexity index is 1350. The van der Waals surface area contributed by atoms with Crippen LogP contribution in [0.4, 0.5) is 0 Å². The number of hydrogen-bond acceptors (Lipinski definition) is 3. The van der Waals surface area contributed by atoms with E-state index in [1.54, 1.807) is 9.58 Å². The van der Waals surface area contributed by atoms with E-state index < -0.39 is 0 Å². The van der Waals surface area contributed by atoms with Crippen molar-refractivity contribution >= 4 is 27.7 Å². The summed E-state index contributed by atoms with van der Waals surface area (Å²) in [4.78, 5) is 26.6. The number of nitrogens with zero attached hydrogens (tertiary/aromatic N) is 4. The van der Waals surface area contributed by atoms with Crippen molar-refractivity contribution in [3.05, 3.63) is 65.1 Å². The Hall–Kier alpha value is -3.61. The first-order chi connectivity index (χ1) is 14.0. The highest BCUT2D eigenvalue weighted by atomic mass is 16.2. The van der Waals surface area contributed by atoms with Crippen molar-refractivity contribution in [3.8, 4) is 11.1 Å². The molecule has 1 N–H and O–H groups in total. The predicted octanol–water partition coefficient (Wildman–Crippen LogP) is 2.76. The number of nitrogens with one attached hydrogen (secondary N) is 1. The fourth-order valence-electron chi connectivity index (χ4n) is 4.36. The summed E-state index contributed by atoms with van der Waals surface area (Å²) in [5.41, 5.74) is 5.03. The van der Waals surface area contributed by atoms with Gasteiger partial charge < -0.3 is 4.90 Å². The summed E-state index contributed by atoms with van der Waals surface area (Å²) < 4.78 is 3.65. The lowest BCUT2D eigenvalue weighted by atomic mass is 9.96. The lowest BCUT2D eigenvalue weighted by molar-refractivity contribution is -0.131. The summed E-state index contributed by atoms with van der Waals surface area (Å²) in [6.07, 6.45) is 3.14. The van der Waals surface area contributed by atoms with Crippen molar-refractivity contribution in [2.75, 3.05) is 13.1 Å². The van der Waals surface area contributed by atoms with E-state index in [0.29, 0.717) is 18.5 Å². The second kappa shape index (κ2) is 6.20. The van der Waals surface area contributed by atoms with Crippen molar-refractivity contribution in [2.24, 2.45) is 7.05 Å². The molecule has 1 fully saturated rings. The maximum atomic E-state index is 13.2. The molecule has 29 heavy (non-hydrogen) atoms. The van der Waals surface area contributed by atoms with Crippen LogP contribution in [0.2, 0.25) is 0 Å². The van der Waals surface area contributed by atoms with Crippen LogP contribution in [0.1, 0.15) is 11.6 Å². The smallest absolute Gasteiger partial charge is 0.274 e. The summed E-state index contributed by atoms with van der Waals surface area (Å²) in [5.74, 6) is -0.0981. The molecular formula is C22H21N5O2. The number of fused-ring (bicyclic) bond motifs is 2. The molecule has 0 spiro atoms. The van der Waals surface area contributed by atoms with Gasteiger partial charge in [0.15, 0.2) is 0 Å². The number of carbonyl (C=O) groups is 1. The first kappa shape index (κ1) is 17.5. The molecule has 5 rings (SSSR count). The standard InChI is InChI=1S/C22H21N5O2/c1-4-20(28)26-11-15(12-26)27-22(29)16-9-14(6-8-19(16)25(27)3)21-13(2)5-7-18-17(21)10-23-24-18/h4-10,15H,1,11-12H2,2-3H3,(H,23,24). The normalized spacial score (nSPS) is 14.5. The van der Waals surface area contributed by atoms with Crippen LogP contribution in [0.25, 0.3) is 32.9 Å². The van der Waals surface area contributed by atoms with Gasteiger partial charge in [-0.15, -0.1) is 0 Å². The van der Waals surface area contributed by atoms with Crippen molar-refractivity contribution in [1.82, 2.24) is 24.5 Å². The summed E-state index contributed by atoms with van der Waals surface area (Å²) in [7, 11) is 1.89. The Morgan fingerprint density at radius 1 is 1.24 bits per heavy atom. The Morgan fingerprint density at radius 3 is 2.79 bits per heavy atom. The average molecular weight is 387 g/mol. The average Bonchev–Trinajstić information content (AvgIpc) is 3.25. The minimum atomic E-state index is -0.0981. The lowest BCUT2D eigenvalue weighted by Gasteiger charge is -2.39. The number of rotatable bonds is 3. The van der Waals surface area contributed by atoms with Crippen LogP contribution < -0.4 is 5.56 Å². The first-order valence-electron chi connectivity index (χ1n) is 9.55. The van der Waals surface area contributed by atoms with Crippen molar-refractivity contribution in [3.63, 3.8) is 0 Å². The molecule has 2 aromatic carbocycles. The van der Waals surface area contributed by atoms with Crippen molar-refractivity contribution < 1.29 is 4.79 Å². The van der Waals surface area contributed by atoms with Crippen LogP contribution in [-0.2, 0) is 11.8 Å². The third-order valence-electron chi connectivity index (χ3n) is 5.92. The molecule has 7 nitrogen and oxygen atoms in total. The molecule has 0 radical (unpaired) electrons. The second-order valence-corrected chi connectivity index (χ2v) is 7.60. The van der Waals surface area contributed by atoms with E-state index >= 15 is 0 Å².